The molecular weight excluding hydrogens is 430 g/mol. The molecule has 188 valence electrons. The average molecular weight is 470 g/mol. The van der Waals surface area contributed by atoms with Crippen molar-refractivity contribution in [2.45, 2.75) is 80.1 Å². The molecule has 0 aromatic rings. The van der Waals surface area contributed by atoms with Gasteiger partial charge in [0.2, 0.25) is 0 Å². The fraction of sp³-hybridized carbons (Fsp3) is 1.00. The van der Waals surface area contributed by atoms with Gasteiger partial charge in [-0.05, 0) is 25.8 Å². The van der Waals surface area contributed by atoms with E-state index in [1.165, 1.54) is 7.11 Å². The van der Waals surface area contributed by atoms with Crippen molar-refractivity contribution in [3.05, 3.63) is 0 Å². The van der Waals surface area contributed by atoms with E-state index in [9.17, 15) is 25.5 Å². The first-order valence-electron chi connectivity index (χ1n) is 12.3. The zero-order valence-electron chi connectivity index (χ0n) is 20.1. The number of aliphatic hydroxyl groups excluding tert-OH is 3. The lowest BCUT2D eigenvalue weighted by Gasteiger charge is -2.70. The number of methoxy groups -OCH3 is 3. The van der Waals surface area contributed by atoms with Gasteiger partial charge in [-0.25, -0.2) is 0 Å². The van der Waals surface area contributed by atoms with Gasteiger partial charge in [0.05, 0.1) is 24.4 Å². The Bertz CT molecular complexity index is 845. The quantitative estimate of drug-likeness (QED) is 0.337. The second-order valence-corrected chi connectivity index (χ2v) is 11.9. The molecule has 0 radical (unpaired) electrons. The summed E-state index contributed by atoms with van der Waals surface area (Å²) in [6.45, 7) is 2.75. The van der Waals surface area contributed by atoms with Crippen LogP contribution in [0.15, 0.2) is 0 Å². The molecule has 1 saturated heterocycles. The van der Waals surface area contributed by atoms with Gasteiger partial charge in [0.15, 0.2) is 0 Å². The Morgan fingerprint density at radius 2 is 1.67 bits per heavy atom. The van der Waals surface area contributed by atoms with Crippen LogP contribution in [0.25, 0.3) is 0 Å². The Hall–Kier alpha value is -0.360. The van der Waals surface area contributed by atoms with E-state index in [1.54, 1.807) is 14.2 Å². The maximum Gasteiger partial charge on any atom is 0.120 e. The van der Waals surface area contributed by atoms with Gasteiger partial charge in [-0.2, -0.15) is 0 Å². The van der Waals surface area contributed by atoms with Crippen molar-refractivity contribution >= 4 is 0 Å². The molecule has 0 aromatic heterocycles. The molecular formula is C24H39NO8. The van der Waals surface area contributed by atoms with Crippen LogP contribution >= 0.6 is 0 Å². The highest BCUT2D eigenvalue weighted by atomic mass is 16.5. The van der Waals surface area contributed by atoms with Gasteiger partial charge >= 0.3 is 0 Å². The Morgan fingerprint density at radius 1 is 0.970 bits per heavy atom. The summed E-state index contributed by atoms with van der Waals surface area (Å²) in [6.07, 6.45) is -3.78. The molecule has 9 heteroatoms. The third kappa shape index (κ3) is 2.04. The first-order chi connectivity index (χ1) is 15.6. The number of ether oxygens (including phenoxy) is 3. The van der Waals surface area contributed by atoms with E-state index in [2.05, 4.69) is 11.8 Å². The lowest BCUT2D eigenvalue weighted by molar-refractivity contribution is -0.317. The number of fused-ring (bicyclic) bond motifs is 2. The Balaban J connectivity index is 1.68. The van der Waals surface area contributed by atoms with E-state index < -0.39 is 64.4 Å². The van der Waals surface area contributed by atoms with E-state index >= 15 is 0 Å². The van der Waals surface area contributed by atoms with Gasteiger partial charge in [-0.15, -0.1) is 0 Å². The minimum Gasteiger partial charge on any atom is -0.392 e. The third-order valence-corrected chi connectivity index (χ3v) is 11.6. The third-order valence-electron chi connectivity index (χ3n) is 11.6. The summed E-state index contributed by atoms with van der Waals surface area (Å²) in [5.41, 5.74) is -4.44. The summed E-state index contributed by atoms with van der Waals surface area (Å²) in [4.78, 5) is 2.23. The molecule has 7 bridgehead atoms. The van der Waals surface area contributed by atoms with E-state index in [-0.39, 0.29) is 30.4 Å². The van der Waals surface area contributed by atoms with Crippen molar-refractivity contribution in [3.8, 4) is 0 Å². The second kappa shape index (κ2) is 6.69. The van der Waals surface area contributed by atoms with Gasteiger partial charge in [0.25, 0.3) is 0 Å². The minimum absolute atomic E-state index is 0.151. The summed E-state index contributed by atoms with van der Waals surface area (Å²) in [5.74, 6) is -1.78. The maximum atomic E-state index is 12.5. The van der Waals surface area contributed by atoms with Gasteiger partial charge in [-0.1, -0.05) is 6.92 Å². The molecule has 6 rings (SSSR count). The molecule has 9 nitrogen and oxygen atoms in total. The van der Waals surface area contributed by atoms with E-state index in [4.69, 9.17) is 14.2 Å². The molecule has 1 spiro atoms. The van der Waals surface area contributed by atoms with Gasteiger partial charge in [0, 0.05) is 68.9 Å². The SMILES string of the molecule is CC[C@]12CN(C)C3[C@@H]4[C@H](OC)[C@H]1[C@@]3([C@@H](OC)C[C@H]2O)[C@@H]1C[C@@]2(O)[C@H](O)[C@@H]1[C@]4(O)[C@@H](O)[C@@H]2OC. The summed E-state index contributed by atoms with van der Waals surface area (Å²) in [6, 6.07) is -0.198. The second-order valence-electron chi connectivity index (χ2n) is 11.9. The molecule has 33 heavy (non-hydrogen) atoms. The molecule has 0 amide bonds. The summed E-state index contributed by atoms with van der Waals surface area (Å²) < 4.78 is 17.9. The number of rotatable bonds is 4. The number of aliphatic hydroxyl groups is 5. The average Bonchev–Trinajstić information content (AvgIpc) is 3.16. The Kier molecular flexibility index (Phi) is 4.67. The standard InChI is InChI=1S/C24H39NO8/c1-6-21-9-25(2)17-14-15(32-4)16(21)23(17,12(31-3)7-11(21)26)10-8-22(29)18(27)13(10)24(14,30)19(28)20(22)33-5/h10-20,26-30H,6-9H2,1-5H3/t10-,11-,12+,13-,14+,15+,16-,17?,18-,19+,20+,21-,22-,23+,24-/m1/s1. The number of nitrogens with zero attached hydrogens (tertiary/aromatic N) is 1. The highest BCUT2D eigenvalue weighted by Gasteiger charge is 2.90. The summed E-state index contributed by atoms with van der Waals surface area (Å²) in [5, 5.41) is 58.8. The first kappa shape index (κ1) is 23.1. The molecule has 1 unspecified atom stereocenters. The molecule has 1 aliphatic heterocycles. The van der Waals surface area contributed by atoms with Crippen LogP contribution in [-0.4, -0.2) is 119 Å². The van der Waals surface area contributed by atoms with E-state index in [1.807, 2.05) is 7.05 Å². The van der Waals surface area contributed by atoms with Gasteiger partial charge < -0.3 is 44.6 Å². The van der Waals surface area contributed by atoms with Crippen LogP contribution in [0.4, 0.5) is 0 Å². The van der Waals surface area contributed by atoms with E-state index in [0.717, 1.165) is 6.42 Å². The normalized spacial score (nSPS) is 65.5. The Labute approximate surface area is 194 Å². The molecule has 15 atom stereocenters. The fourth-order valence-corrected chi connectivity index (χ4v) is 11.0. The number of piperidine rings is 1. The summed E-state index contributed by atoms with van der Waals surface area (Å²) in [7, 11) is 6.72. The molecule has 1 heterocycles. The fourth-order valence-electron chi connectivity index (χ4n) is 11.0. The number of hydrogen-bond donors (Lipinski definition) is 5. The maximum absolute atomic E-state index is 12.5. The predicted octanol–water partition coefficient (Wildman–Crippen LogP) is -1.41. The van der Waals surface area contributed by atoms with Crippen LogP contribution in [0.1, 0.15) is 26.2 Å². The van der Waals surface area contributed by atoms with Crippen LogP contribution in [0.3, 0.4) is 0 Å². The number of likely N-dealkylation sites (tertiary alicyclic amines) is 1. The van der Waals surface area contributed by atoms with Crippen molar-refractivity contribution in [2.75, 3.05) is 34.9 Å². The van der Waals surface area contributed by atoms with Crippen LogP contribution < -0.4 is 0 Å². The smallest absolute Gasteiger partial charge is 0.120 e. The molecule has 5 N–H and O–H groups in total. The number of hydrogen-bond acceptors (Lipinski definition) is 9. The molecule has 5 aliphatic carbocycles. The van der Waals surface area contributed by atoms with Crippen LogP contribution in [-0.2, 0) is 14.2 Å². The largest absolute Gasteiger partial charge is 0.392 e. The lowest BCUT2D eigenvalue weighted by Crippen LogP contribution is -2.80. The first-order valence-corrected chi connectivity index (χ1v) is 12.3. The highest BCUT2D eigenvalue weighted by Crippen LogP contribution is 2.80. The van der Waals surface area contributed by atoms with Crippen molar-refractivity contribution in [1.29, 1.82) is 0 Å². The Morgan fingerprint density at radius 3 is 2.24 bits per heavy atom. The monoisotopic (exact) mass is 469 g/mol. The molecule has 0 aromatic carbocycles. The van der Waals surface area contributed by atoms with Crippen LogP contribution in [0.5, 0.6) is 0 Å². The van der Waals surface area contributed by atoms with Gasteiger partial charge in [0.1, 0.15) is 23.4 Å². The van der Waals surface area contributed by atoms with Crippen molar-refractivity contribution in [2.24, 2.45) is 34.5 Å². The van der Waals surface area contributed by atoms with Crippen molar-refractivity contribution in [1.82, 2.24) is 4.90 Å². The topological polar surface area (TPSA) is 132 Å². The van der Waals surface area contributed by atoms with Crippen molar-refractivity contribution in [3.63, 3.8) is 0 Å². The van der Waals surface area contributed by atoms with Crippen LogP contribution in [0, 0.1) is 34.5 Å². The van der Waals surface area contributed by atoms with Crippen LogP contribution in [0.2, 0.25) is 0 Å². The predicted molar refractivity (Wildman–Crippen MR) is 115 cm³/mol. The van der Waals surface area contributed by atoms with Gasteiger partial charge in [-0.3, -0.25) is 0 Å². The zero-order valence-corrected chi connectivity index (χ0v) is 20.1. The minimum atomic E-state index is -1.72. The van der Waals surface area contributed by atoms with Crippen molar-refractivity contribution < 1.29 is 39.7 Å². The van der Waals surface area contributed by atoms with E-state index in [0.29, 0.717) is 13.0 Å². The highest BCUT2D eigenvalue weighted by molar-refractivity contribution is 5.39. The summed E-state index contributed by atoms with van der Waals surface area (Å²) >= 11 is 0. The zero-order chi connectivity index (χ0) is 23.9. The molecule has 5 saturated carbocycles. The lowest BCUT2D eigenvalue weighted by atomic mass is 9.42. The molecule has 6 aliphatic rings. The molecule has 6 fully saturated rings.